The molecule has 0 saturated heterocycles. The van der Waals surface area contributed by atoms with Crippen LogP contribution in [0.15, 0.2) is 67.1 Å². The summed E-state index contributed by atoms with van der Waals surface area (Å²) in [4.78, 5) is 32.0. The van der Waals surface area contributed by atoms with E-state index in [4.69, 9.17) is 0 Å². The molecule has 9 nitrogen and oxygen atoms in total. The summed E-state index contributed by atoms with van der Waals surface area (Å²) in [5, 5.41) is 13.4. The number of anilines is 2. The first-order valence-electron chi connectivity index (χ1n) is 10.5. The van der Waals surface area contributed by atoms with E-state index in [0.29, 0.717) is 29.7 Å². The van der Waals surface area contributed by atoms with Crippen molar-refractivity contribution < 1.29 is 22.8 Å². The molecule has 180 valence electrons. The van der Waals surface area contributed by atoms with Gasteiger partial charge in [0.25, 0.3) is 5.91 Å². The quantitative estimate of drug-likeness (QED) is 0.332. The molecule has 0 atom stereocenters. The van der Waals surface area contributed by atoms with Crippen LogP contribution in [0.3, 0.4) is 0 Å². The van der Waals surface area contributed by atoms with Crippen LogP contribution in [0.5, 0.6) is 0 Å². The van der Waals surface area contributed by atoms with E-state index in [9.17, 15) is 22.8 Å². The van der Waals surface area contributed by atoms with E-state index in [1.807, 2.05) is 12.1 Å². The Balaban J connectivity index is 1.33. The lowest BCUT2D eigenvalue weighted by Crippen LogP contribution is -2.31. The topological polar surface area (TPSA) is 114 Å². The molecule has 1 aromatic carbocycles. The monoisotopic (exact) mass is 483 g/mol. The molecule has 0 aliphatic heterocycles. The number of hydrogen-bond acceptors (Lipinski definition) is 6. The highest BCUT2D eigenvalue weighted by Gasteiger charge is 2.32. The summed E-state index contributed by atoms with van der Waals surface area (Å²) in [6.07, 6.45) is 0.350. The summed E-state index contributed by atoms with van der Waals surface area (Å²) < 4.78 is 40.0. The maximum absolute atomic E-state index is 12.8. The van der Waals surface area contributed by atoms with Crippen molar-refractivity contribution in [3.63, 3.8) is 0 Å². The molecule has 0 fully saturated rings. The molecule has 0 saturated carbocycles. The number of pyridine rings is 2. The van der Waals surface area contributed by atoms with Gasteiger partial charge in [-0.1, -0.05) is 6.07 Å². The number of carbonyl (C=O) groups excluding carboxylic acids is 2. The average molecular weight is 483 g/mol. The number of aromatic nitrogens is 4. The Morgan fingerprint density at radius 1 is 1.00 bits per heavy atom. The van der Waals surface area contributed by atoms with Gasteiger partial charge in [0.1, 0.15) is 17.9 Å². The van der Waals surface area contributed by atoms with Gasteiger partial charge in [0.05, 0.1) is 11.2 Å². The normalized spacial score (nSPS) is 11.3. The van der Waals surface area contributed by atoms with E-state index in [-0.39, 0.29) is 18.1 Å². The zero-order chi connectivity index (χ0) is 24.8. The van der Waals surface area contributed by atoms with Gasteiger partial charge in [0, 0.05) is 42.8 Å². The van der Waals surface area contributed by atoms with E-state index in [1.165, 1.54) is 10.7 Å². The lowest BCUT2D eigenvalue weighted by atomic mass is 10.2. The minimum absolute atomic E-state index is 0.00256. The number of halogens is 3. The first-order valence-corrected chi connectivity index (χ1v) is 10.5. The van der Waals surface area contributed by atoms with Crippen LogP contribution in [0.25, 0.3) is 10.9 Å². The Morgan fingerprint density at radius 3 is 2.63 bits per heavy atom. The Labute approximate surface area is 197 Å². The Kier molecular flexibility index (Phi) is 6.90. The number of carbonyl (C=O) groups is 2. The second kappa shape index (κ2) is 10.2. The number of nitrogens with one attached hydrogen (secondary N) is 3. The molecule has 35 heavy (non-hydrogen) atoms. The minimum atomic E-state index is -4.65. The molecule has 0 aliphatic rings. The number of hydrogen-bond donors (Lipinski definition) is 3. The van der Waals surface area contributed by atoms with Crippen LogP contribution in [0.4, 0.5) is 24.5 Å². The minimum Gasteiger partial charge on any atom is -0.382 e. The van der Waals surface area contributed by atoms with Crippen LogP contribution < -0.4 is 16.0 Å². The molecule has 4 aromatic rings. The van der Waals surface area contributed by atoms with Gasteiger partial charge < -0.3 is 16.0 Å². The fourth-order valence-electron chi connectivity index (χ4n) is 3.23. The van der Waals surface area contributed by atoms with Crippen molar-refractivity contribution in [1.29, 1.82) is 0 Å². The molecule has 3 heterocycles. The maximum atomic E-state index is 12.8. The lowest BCUT2D eigenvalue weighted by molar-refractivity contribution is -0.141. The predicted molar refractivity (Wildman–Crippen MR) is 123 cm³/mol. The van der Waals surface area contributed by atoms with Crippen LogP contribution in [-0.4, -0.2) is 44.7 Å². The van der Waals surface area contributed by atoms with Crippen molar-refractivity contribution in [3.05, 3.63) is 78.5 Å². The smallest absolute Gasteiger partial charge is 0.382 e. The number of alkyl halides is 3. The van der Waals surface area contributed by atoms with Crippen LogP contribution in [-0.2, 0) is 17.5 Å². The number of amides is 2. The second-order valence-corrected chi connectivity index (χ2v) is 7.48. The third-order valence-electron chi connectivity index (χ3n) is 4.83. The largest absolute Gasteiger partial charge is 0.433 e. The number of fused-ring (bicyclic) bond motifs is 1. The molecule has 12 heteroatoms. The van der Waals surface area contributed by atoms with Crippen LogP contribution in [0, 0.1) is 0 Å². The predicted octanol–water partition coefficient (Wildman–Crippen LogP) is 3.33. The van der Waals surface area contributed by atoms with Gasteiger partial charge in [-0.25, -0.2) is 4.98 Å². The number of rotatable bonds is 8. The van der Waals surface area contributed by atoms with E-state index < -0.39 is 17.8 Å². The summed E-state index contributed by atoms with van der Waals surface area (Å²) >= 11 is 0. The molecule has 3 aromatic heterocycles. The van der Waals surface area contributed by atoms with Gasteiger partial charge in [-0.15, -0.1) is 0 Å². The fraction of sp³-hybridized carbons (Fsp3) is 0.174. The molecule has 0 aliphatic carbocycles. The van der Waals surface area contributed by atoms with Gasteiger partial charge in [0.2, 0.25) is 5.91 Å². The molecular formula is C23H20F3N7O2. The van der Waals surface area contributed by atoms with Crippen molar-refractivity contribution >= 4 is 34.1 Å². The average Bonchev–Trinajstić information content (AvgIpc) is 3.23. The summed E-state index contributed by atoms with van der Waals surface area (Å²) in [5.74, 6) is -1.00. The van der Waals surface area contributed by atoms with E-state index in [0.717, 1.165) is 17.8 Å². The van der Waals surface area contributed by atoms with E-state index >= 15 is 0 Å². The molecular weight excluding hydrogens is 463 g/mol. The van der Waals surface area contributed by atoms with Crippen molar-refractivity contribution in [1.82, 2.24) is 25.1 Å². The van der Waals surface area contributed by atoms with Crippen LogP contribution in [0.2, 0.25) is 0 Å². The molecule has 0 bridgehead atoms. The van der Waals surface area contributed by atoms with Gasteiger partial charge in [-0.2, -0.15) is 18.3 Å². The Hall–Kier alpha value is -4.48. The first-order chi connectivity index (χ1) is 16.8. The van der Waals surface area contributed by atoms with Crippen molar-refractivity contribution in [2.24, 2.45) is 0 Å². The first kappa shape index (κ1) is 23.7. The summed E-state index contributed by atoms with van der Waals surface area (Å²) in [6.45, 7) is 0.938. The van der Waals surface area contributed by atoms with Gasteiger partial charge in [-0.3, -0.25) is 19.3 Å². The lowest BCUT2D eigenvalue weighted by Gasteiger charge is -2.08. The zero-order valence-electron chi connectivity index (χ0n) is 18.2. The van der Waals surface area contributed by atoms with Gasteiger partial charge >= 0.3 is 6.18 Å². The molecule has 0 unspecified atom stereocenters. The van der Waals surface area contributed by atoms with Crippen molar-refractivity contribution in [3.8, 4) is 0 Å². The van der Waals surface area contributed by atoms with Gasteiger partial charge in [-0.05, 0) is 42.5 Å². The Morgan fingerprint density at radius 2 is 1.86 bits per heavy atom. The maximum Gasteiger partial charge on any atom is 0.433 e. The van der Waals surface area contributed by atoms with Crippen molar-refractivity contribution in [2.45, 2.75) is 12.7 Å². The zero-order valence-corrected chi connectivity index (χ0v) is 18.2. The third-order valence-corrected chi connectivity index (χ3v) is 4.83. The van der Waals surface area contributed by atoms with E-state index in [1.54, 1.807) is 36.8 Å². The Bertz CT molecular complexity index is 1340. The summed E-state index contributed by atoms with van der Waals surface area (Å²) in [6, 6.07) is 11.6. The van der Waals surface area contributed by atoms with Gasteiger partial charge in [0.15, 0.2) is 0 Å². The molecule has 2 amide bonds. The van der Waals surface area contributed by atoms with Crippen molar-refractivity contribution in [2.75, 3.05) is 23.7 Å². The highest BCUT2D eigenvalue weighted by atomic mass is 19.4. The molecule has 3 N–H and O–H groups in total. The SMILES string of the molecule is O=C(Cn1cc2cc(NC(=O)c3cccc(C(F)(F)F)n3)ccc2n1)NCCNc1cccnc1. The standard InChI is InChI=1S/C23H20F3N7O2/c24-23(25,26)20-5-1-4-19(31-20)22(35)30-16-6-7-18-15(11-16)13-33(32-18)14-21(34)29-10-9-28-17-3-2-8-27-12-17/h1-8,11-13,28H,9-10,14H2,(H,29,34)(H,30,35). The number of nitrogens with zero attached hydrogens (tertiary/aromatic N) is 4. The van der Waals surface area contributed by atoms with E-state index in [2.05, 4.69) is 31.0 Å². The van der Waals surface area contributed by atoms with Crippen LogP contribution in [0.1, 0.15) is 16.2 Å². The molecule has 0 radical (unpaired) electrons. The molecule has 0 spiro atoms. The third kappa shape index (κ3) is 6.31. The highest BCUT2D eigenvalue weighted by Crippen LogP contribution is 2.27. The summed E-state index contributed by atoms with van der Waals surface area (Å²) in [7, 11) is 0. The second-order valence-electron chi connectivity index (χ2n) is 7.48. The summed E-state index contributed by atoms with van der Waals surface area (Å²) in [5.41, 5.74) is 0.295. The highest BCUT2D eigenvalue weighted by molar-refractivity contribution is 6.03. The number of benzene rings is 1. The van der Waals surface area contributed by atoms with Crippen LogP contribution >= 0.6 is 0 Å². The fourth-order valence-corrected chi connectivity index (χ4v) is 3.23. The molecule has 4 rings (SSSR count).